The maximum atomic E-state index is 12.7. The van der Waals surface area contributed by atoms with E-state index in [-0.39, 0.29) is 5.56 Å². The summed E-state index contributed by atoms with van der Waals surface area (Å²) in [6.45, 7) is 1.68. The number of aryl methyl sites for hydroxylation is 1. The Morgan fingerprint density at radius 3 is 2.43 bits per heavy atom. The zero-order valence-corrected chi connectivity index (χ0v) is 12.7. The van der Waals surface area contributed by atoms with Crippen LogP contribution < -0.4 is 8.92 Å². The molecule has 0 saturated heterocycles. The van der Waals surface area contributed by atoms with E-state index in [9.17, 15) is 23.1 Å². The van der Waals surface area contributed by atoms with Crippen molar-refractivity contribution in [2.24, 2.45) is 0 Å². The molecule has 1 N–H and O–H groups in total. The summed E-state index contributed by atoms with van der Waals surface area (Å²) in [6.07, 6.45) is -4.39. The van der Waals surface area contributed by atoms with Gasteiger partial charge in [0.1, 0.15) is 0 Å². The van der Waals surface area contributed by atoms with Gasteiger partial charge < -0.3 is 0 Å². The number of benzene rings is 2. The molecule has 21 heavy (non-hydrogen) atoms. The first-order chi connectivity index (χ1) is 9.79. The van der Waals surface area contributed by atoms with E-state index >= 15 is 0 Å². The van der Waals surface area contributed by atoms with Gasteiger partial charge in [-0.1, -0.05) is 0 Å². The van der Waals surface area contributed by atoms with E-state index in [1.165, 1.54) is 6.07 Å². The van der Waals surface area contributed by atoms with E-state index in [0.29, 0.717) is 14.5 Å². The monoisotopic (exact) mass is 360 g/mol. The van der Waals surface area contributed by atoms with Gasteiger partial charge in [0.05, 0.1) is 0 Å². The second-order valence-corrected chi connectivity index (χ2v) is 6.72. The number of carboxylic acids is 1. The maximum absolute atomic E-state index is 12.7. The molecule has 0 aliphatic carbocycles. The molecule has 0 aliphatic heterocycles. The third-order valence-electron chi connectivity index (χ3n) is 2.84. The molecule has 0 amide bonds. The van der Waals surface area contributed by atoms with Crippen LogP contribution in [0.4, 0.5) is 13.2 Å². The van der Waals surface area contributed by atoms with Crippen molar-refractivity contribution in [2.75, 3.05) is 0 Å². The van der Waals surface area contributed by atoms with Crippen LogP contribution in [0.1, 0.15) is 21.5 Å². The van der Waals surface area contributed by atoms with E-state index < -0.39 is 32.7 Å². The van der Waals surface area contributed by atoms with Gasteiger partial charge in [-0.2, -0.15) is 0 Å². The minimum atomic E-state index is -4.39. The molecule has 0 bridgehead atoms. The van der Waals surface area contributed by atoms with Crippen LogP contribution in [0.25, 0.3) is 0 Å². The van der Waals surface area contributed by atoms with E-state index in [1.807, 2.05) is 0 Å². The normalized spacial score (nSPS) is 11.4. The van der Waals surface area contributed by atoms with Gasteiger partial charge in [0, 0.05) is 0 Å². The Labute approximate surface area is 125 Å². The van der Waals surface area contributed by atoms with Gasteiger partial charge in [0.2, 0.25) is 0 Å². The molecule has 110 valence electrons. The first-order valence-electron chi connectivity index (χ1n) is 5.97. The Hall–Kier alpha value is -1.78. The van der Waals surface area contributed by atoms with Crippen LogP contribution >= 0.6 is 0 Å². The van der Waals surface area contributed by atoms with Crippen molar-refractivity contribution in [3.63, 3.8) is 0 Å². The van der Waals surface area contributed by atoms with Crippen molar-refractivity contribution < 1.29 is 23.1 Å². The summed E-state index contributed by atoms with van der Waals surface area (Å²) in [5.74, 6) is -1.06. The summed E-state index contributed by atoms with van der Waals surface area (Å²) in [4.78, 5) is 11.3. The second-order valence-electron chi connectivity index (χ2n) is 4.38. The van der Waals surface area contributed by atoms with Crippen LogP contribution in [0.2, 0.25) is 0 Å². The Bertz CT molecular complexity index is 681. The molecule has 0 saturated carbocycles. The molecule has 0 fully saturated rings. The van der Waals surface area contributed by atoms with Crippen molar-refractivity contribution in [2.45, 2.75) is 13.1 Å². The van der Waals surface area contributed by atoms with Gasteiger partial charge in [-0.05, 0) is 0 Å². The summed E-state index contributed by atoms with van der Waals surface area (Å²) in [5, 5.41) is 9.24. The molecule has 0 aromatic heterocycles. The topological polar surface area (TPSA) is 37.3 Å². The molecule has 0 unspecified atom stereocenters. The SMILES string of the molecule is Cc1cccc([Se]c2cccc(C(F)(F)F)c2)c1C(=O)O. The summed E-state index contributed by atoms with van der Waals surface area (Å²) in [5.41, 5.74) is 0.0650. The molecule has 2 aromatic carbocycles. The number of carbonyl (C=O) groups is 1. The Kier molecular flexibility index (Phi) is 4.40. The molecule has 2 rings (SSSR count). The Morgan fingerprint density at radius 2 is 1.81 bits per heavy atom. The number of carboxylic acid groups (broad SMARTS) is 1. The second kappa shape index (κ2) is 5.92. The van der Waals surface area contributed by atoms with Crippen LogP contribution in [-0.4, -0.2) is 26.0 Å². The molecule has 2 nitrogen and oxygen atoms in total. The van der Waals surface area contributed by atoms with Crippen molar-refractivity contribution in [3.05, 3.63) is 59.2 Å². The first kappa shape index (κ1) is 15.6. The van der Waals surface area contributed by atoms with E-state index in [4.69, 9.17) is 0 Å². The Morgan fingerprint density at radius 1 is 1.14 bits per heavy atom. The van der Waals surface area contributed by atoms with Crippen LogP contribution in [0.3, 0.4) is 0 Å². The van der Waals surface area contributed by atoms with Gasteiger partial charge in [0.25, 0.3) is 0 Å². The number of hydrogen-bond donors (Lipinski definition) is 1. The fourth-order valence-electron chi connectivity index (χ4n) is 1.86. The van der Waals surface area contributed by atoms with E-state index in [2.05, 4.69) is 0 Å². The van der Waals surface area contributed by atoms with Crippen LogP contribution in [0.5, 0.6) is 0 Å². The summed E-state index contributed by atoms with van der Waals surface area (Å²) >= 11 is -0.499. The fraction of sp³-hybridized carbons (Fsp3) is 0.133. The average Bonchev–Trinajstić information content (AvgIpc) is 2.37. The Balaban J connectivity index is 2.40. The van der Waals surface area contributed by atoms with E-state index in [1.54, 1.807) is 31.2 Å². The standard InChI is InChI=1S/C15H11F3O2Se/c1-9-4-2-7-12(13(9)14(19)20)21-11-6-3-5-10(8-11)15(16,17)18/h2-8H,1H3,(H,19,20). The minimum absolute atomic E-state index is 0.176. The van der Waals surface area contributed by atoms with Crippen molar-refractivity contribution in [3.8, 4) is 0 Å². The summed E-state index contributed by atoms with van der Waals surface area (Å²) in [6, 6.07) is 10.1. The third kappa shape index (κ3) is 3.65. The fourth-order valence-corrected chi connectivity index (χ4v) is 4.14. The predicted molar refractivity (Wildman–Crippen MR) is 74.6 cm³/mol. The number of rotatable bonds is 3. The van der Waals surface area contributed by atoms with Gasteiger partial charge in [-0.3, -0.25) is 0 Å². The molecule has 2 aromatic rings. The number of aromatic carboxylic acids is 1. The third-order valence-corrected chi connectivity index (χ3v) is 5.04. The first-order valence-corrected chi connectivity index (χ1v) is 7.68. The van der Waals surface area contributed by atoms with Gasteiger partial charge in [-0.15, -0.1) is 0 Å². The predicted octanol–water partition coefficient (Wildman–Crippen LogP) is 2.37. The number of hydrogen-bond acceptors (Lipinski definition) is 1. The molecule has 0 aliphatic rings. The summed E-state index contributed by atoms with van der Waals surface area (Å²) < 4.78 is 39.1. The zero-order valence-electron chi connectivity index (χ0n) is 10.9. The molecule has 6 heteroatoms. The van der Waals surface area contributed by atoms with Gasteiger partial charge in [-0.25, -0.2) is 0 Å². The molecule has 0 atom stereocenters. The number of alkyl halides is 3. The van der Waals surface area contributed by atoms with Crippen LogP contribution in [0, 0.1) is 6.92 Å². The molecular weight excluding hydrogens is 348 g/mol. The summed E-state index contributed by atoms with van der Waals surface area (Å²) in [7, 11) is 0. The zero-order chi connectivity index (χ0) is 15.6. The van der Waals surface area contributed by atoms with Gasteiger partial charge in [0.15, 0.2) is 0 Å². The van der Waals surface area contributed by atoms with Crippen molar-refractivity contribution >= 4 is 29.8 Å². The number of halogens is 3. The quantitative estimate of drug-likeness (QED) is 0.855. The molecule has 0 heterocycles. The molecule has 0 radical (unpaired) electrons. The molecule has 0 spiro atoms. The van der Waals surface area contributed by atoms with Gasteiger partial charge >= 0.3 is 125 Å². The van der Waals surface area contributed by atoms with Crippen LogP contribution in [-0.2, 0) is 6.18 Å². The average molecular weight is 359 g/mol. The van der Waals surface area contributed by atoms with Crippen LogP contribution in [0.15, 0.2) is 42.5 Å². The van der Waals surface area contributed by atoms with Crippen molar-refractivity contribution in [1.82, 2.24) is 0 Å². The molecular formula is C15H11F3O2Se. The van der Waals surface area contributed by atoms with E-state index in [0.717, 1.165) is 12.1 Å². The van der Waals surface area contributed by atoms with Crippen molar-refractivity contribution in [1.29, 1.82) is 0 Å².